The van der Waals surface area contributed by atoms with Crippen molar-refractivity contribution in [3.8, 4) is 0 Å². The third-order valence-corrected chi connectivity index (χ3v) is 7.30. The molecule has 28 heavy (non-hydrogen) atoms. The molecule has 1 N–H and O–H groups in total. The smallest absolute Gasteiger partial charge is 0.271 e. The molecule has 0 unspecified atom stereocenters. The van der Waals surface area contributed by atoms with Crippen LogP contribution in [0.25, 0.3) is 0 Å². The van der Waals surface area contributed by atoms with Crippen LogP contribution in [0.1, 0.15) is 69.7 Å². The molecule has 152 valence electrons. The van der Waals surface area contributed by atoms with Crippen LogP contribution in [-0.2, 0) is 4.79 Å². The van der Waals surface area contributed by atoms with Crippen LogP contribution in [0, 0.1) is 23.2 Å². The van der Waals surface area contributed by atoms with Crippen molar-refractivity contribution >= 4 is 35.0 Å². The molecular formula is C22H28Cl2N2O2. The highest BCUT2D eigenvalue weighted by molar-refractivity contribution is 6.36. The van der Waals surface area contributed by atoms with Crippen LogP contribution in [0.5, 0.6) is 0 Å². The Morgan fingerprint density at radius 1 is 1.04 bits per heavy atom. The highest BCUT2D eigenvalue weighted by Crippen LogP contribution is 2.60. The summed E-state index contributed by atoms with van der Waals surface area (Å²) in [6.45, 7) is 5.86. The summed E-state index contributed by atoms with van der Waals surface area (Å²) in [5.41, 5.74) is 2.34. The lowest BCUT2D eigenvalue weighted by molar-refractivity contribution is -0.166. The van der Waals surface area contributed by atoms with Crippen LogP contribution in [0.3, 0.4) is 0 Å². The fourth-order valence-corrected chi connectivity index (χ4v) is 6.46. The van der Waals surface area contributed by atoms with Crippen LogP contribution in [-0.4, -0.2) is 22.4 Å². The number of carbonyl (C=O) groups is 2. The average Bonchev–Trinajstić information content (AvgIpc) is 2.56. The zero-order valence-electron chi connectivity index (χ0n) is 16.7. The summed E-state index contributed by atoms with van der Waals surface area (Å²) in [6, 6.07) is 4.76. The van der Waals surface area contributed by atoms with E-state index in [1.165, 1.54) is 19.3 Å². The van der Waals surface area contributed by atoms with Crippen LogP contribution in [0.2, 0.25) is 10.0 Å². The number of halogens is 2. The van der Waals surface area contributed by atoms with Crippen molar-refractivity contribution in [3.05, 3.63) is 33.8 Å². The summed E-state index contributed by atoms with van der Waals surface area (Å²) in [5.74, 6) is 1.68. The Kier molecular flexibility index (Phi) is 4.95. The quantitative estimate of drug-likeness (QED) is 0.641. The van der Waals surface area contributed by atoms with Gasteiger partial charge >= 0.3 is 0 Å². The fraction of sp³-hybridized carbons (Fsp3) is 0.636. The Hall–Kier alpha value is -1.26. The number of hydrogen-bond donors (Lipinski definition) is 1. The van der Waals surface area contributed by atoms with E-state index in [9.17, 15) is 9.59 Å². The first-order chi connectivity index (χ1) is 13.1. The van der Waals surface area contributed by atoms with Crippen LogP contribution >= 0.6 is 23.2 Å². The Morgan fingerprint density at radius 3 is 2.04 bits per heavy atom. The lowest BCUT2D eigenvalue weighted by Crippen LogP contribution is -2.63. The molecule has 0 radical (unpaired) electrons. The van der Waals surface area contributed by atoms with Gasteiger partial charge < -0.3 is 0 Å². The van der Waals surface area contributed by atoms with Gasteiger partial charge in [-0.15, -0.1) is 0 Å². The zero-order valence-corrected chi connectivity index (χ0v) is 18.2. The number of hydrogen-bond acceptors (Lipinski definition) is 2. The molecule has 1 aromatic carbocycles. The summed E-state index contributed by atoms with van der Waals surface area (Å²) >= 11 is 12.2. The Labute approximate surface area is 176 Å². The first-order valence-corrected chi connectivity index (χ1v) is 10.9. The maximum Gasteiger partial charge on any atom is 0.271 e. The lowest BCUT2D eigenvalue weighted by atomic mass is 9.49. The molecule has 4 saturated carbocycles. The number of nitrogens with zero attached hydrogens (tertiary/aromatic N) is 1. The van der Waals surface area contributed by atoms with E-state index in [-0.39, 0.29) is 22.3 Å². The van der Waals surface area contributed by atoms with Gasteiger partial charge in [0, 0.05) is 5.02 Å². The molecule has 0 heterocycles. The third kappa shape index (κ3) is 3.54. The largest absolute Gasteiger partial charge is 0.272 e. The van der Waals surface area contributed by atoms with E-state index in [0.29, 0.717) is 28.3 Å². The topological polar surface area (TPSA) is 49.4 Å². The molecular weight excluding hydrogens is 395 g/mol. The number of amides is 2. The molecule has 4 bridgehead atoms. The van der Waals surface area contributed by atoms with Crippen molar-refractivity contribution in [3.63, 3.8) is 0 Å². The Bertz CT molecular complexity index is 780. The van der Waals surface area contributed by atoms with Gasteiger partial charge in [0.1, 0.15) is 0 Å². The maximum atomic E-state index is 13.8. The lowest BCUT2D eigenvalue weighted by Gasteiger charge is -2.57. The van der Waals surface area contributed by atoms with Gasteiger partial charge in [0.2, 0.25) is 5.91 Å². The molecule has 4 aliphatic rings. The molecule has 4 aliphatic carbocycles. The summed E-state index contributed by atoms with van der Waals surface area (Å²) < 4.78 is 0. The van der Waals surface area contributed by atoms with Gasteiger partial charge in [0.25, 0.3) is 5.91 Å². The van der Waals surface area contributed by atoms with E-state index in [2.05, 4.69) is 5.43 Å². The van der Waals surface area contributed by atoms with Crippen molar-refractivity contribution in [2.75, 3.05) is 0 Å². The molecule has 0 spiro atoms. The van der Waals surface area contributed by atoms with E-state index in [1.807, 2.05) is 20.8 Å². The Morgan fingerprint density at radius 2 is 1.57 bits per heavy atom. The molecule has 5 rings (SSSR count). The highest BCUT2D eigenvalue weighted by Gasteiger charge is 2.56. The number of benzene rings is 1. The van der Waals surface area contributed by atoms with Crippen molar-refractivity contribution in [2.45, 2.75) is 64.8 Å². The molecule has 0 saturated heterocycles. The van der Waals surface area contributed by atoms with E-state index >= 15 is 0 Å². The second-order valence-electron chi connectivity index (χ2n) is 10.1. The van der Waals surface area contributed by atoms with Gasteiger partial charge in [-0.2, -0.15) is 0 Å². The third-order valence-electron chi connectivity index (χ3n) is 6.75. The van der Waals surface area contributed by atoms with E-state index in [1.54, 1.807) is 23.2 Å². The summed E-state index contributed by atoms with van der Waals surface area (Å²) in [5, 5.41) is 2.31. The van der Waals surface area contributed by atoms with E-state index in [0.717, 1.165) is 19.3 Å². The number of rotatable bonds is 2. The molecule has 2 amide bonds. The second-order valence-corrected chi connectivity index (χ2v) is 10.9. The minimum Gasteiger partial charge on any atom is -0.272 e. The van der Waals surface area contributed by atoms with Crippen LogP contribution in [0.4, 0.5) is 0 Å². The molecule has 6 heteroatoms. The van der Waals surface area contributed by atoms with Gasteiger partial charge in [-0.3, -0.25) is 15.0 Å². The predicted molar refractivity (Wildman–Crippen MR) is 111 cm³/mol. The molecule has 4 nitrogen and oxygen atoms in total. The van der Waals surface area contributed by atoms with Crippen LogP contribution < -0.4 is 5.43 Å². The minimum atomic E-state index is -0.533. The number of hydrazine groups is 1. The van der Waals surface area contributed by atoms with E-state index in [4.69, 9.17) is 23.2 Å². The second kappa shape index (κ2) is 6.91. The SMILES string of the molecule is CC(C)(C)N(NC(=O)c1ccc(Cl)cc1Cl)C(=O)C12CC3CC(CC(C3)C1)C2. The average molecular weight is 423 g/mol. The first kappa shape index (κ1) is 20.0. The van der Waals surface area contributed by atoms with Gasteiger partial charge in [-0.25, -0.2) is 5.01 Å². The zero-order chi connectivity index (χ0) is 20.3. The van der Waals surface area contributed by atoms with Crippen molar-refractivity contribution in [1.29, 1.82) is 0 Å². The van der Waals surface area contributed by atoms with E-state index < -0.39 is 5.54 Å². The number of carbonyl (C=O) groups excluding carboxylic acids is 2. The normalized spacial score (nSPS) is 31.0. The maximum absolute atomic E-state index is 13.8. The first-order valence-electron chi connectivity index (χ1n) is 10.2. The van der Waals surface area contributed by atoms with Gasteiger partial charge in [0.05, 0.1) is 21.5 Å². The molecule has 0 aromatic heterocycles. The number of nitrogens with one attached hydrogen (secondary N) is 1. The van der Waals surface area contributed by atoms with Gasteiger partial charge in [-0.05, 0) is 95.2 Å². The standard InChI is InChI=1S/C22H28Cl2N2O2/c1-21(2,3)26(25-19(27)17-5-4-16(23)9-18(17)24)20(28)22-10-13-6-14(11-22)8-15(7-13)12-22/h4-5,9,13-15H,6-8,10-12H2,1-3H3,(H,25,27). The monoisotopic (exact) mass is 422 g/mol. The summed E-state index contributed by atoms with van der Waals surface area (Å²) in [7, 11) is 0. The summed E-state index contributed by atoms with van der Waals surface area (Å²) in [6.07, 6.45) is 6.70. The predicted octanol–water partition coefficient (Wildman–Crippen LogP) is 5.48. The van der Waals surface area contributed by atoms with Gasteiger partial charge in [-0.1, -0.05) is 23.2 Å². The molecule has 1 aromatic rings. The van der Waals surface area contributed by atoms with Crippen LogP contribution in [0.15, 0.2) is 18.2 Å². The van der Waals surface area contributed by atoms with Crippen molar-refractivity contribution < 1.29 is 9.59 Å². The minimum absolute atomic E-state index is 0.0672. The Balaban J connectivity index is 1.60. The molecule has 0 atom stereocenters. The van der Waals surface area contributed by atoms with Crippen molar-refractivity contribution in [2.24, 2.45) is 23.2 Å². The molecule has 0 aliphatic heterocycles. The summed E-state index contributed by atoms with van der Waals surface area (Å²) in [4.78, 5) is 26.7. The van der Waals surface area contributed by atoms with Gasteiger partial charge in [0.15, 0.2) is 0 Å². The molecule has 4 fully saturated rings. The van der Waals surface area contributed by atoms with Crippen molar-refractivity contribution in [1.82, 2.24) is 10.4 Å². The fourth-order valence-electron chi connectivity index (χ4n) is 5.97. The highest BCUT2D eigenvalue weighted by atomic mass is 35.5.